The quantitative estimate of drug-likeness (QED) is 0.321. The summed E-state index contributed by atoms with van der Waals surface area (Å²) in [5.41, 5.74) is 2.01. The molecule has 2 aromatic carbocycles. The fourth-order valence-electron chi connectivity index (χ4n) is 3.72. The van der Waals surface area contributed by atoms with E-state index in [0.717, 1.165) is 7.11 Å². The van der Waals surface area contributed by atoms with Gasteiger partial charge in [-0.25, -0.2) is 19.0 Å². The van der Waals surface area contributed by atoms with Crippen LogP contribution in [0, 0.1) is 12.7 Å². The number of aryl methyl sites for hydroxylation is 1. The Kier molecular flexibility index (Phi) is 9.66. The van der Waals surface area contributed by atoms with Gasteiger partial charge in [-0.05, 0) is 56.0 Å². The van der Waals surface area contributed by atoms with Crippen LogP contribution in [-0.2, 0) is 16.0 Å². The van der Waals surface area contributed by atoms with Crippen molar-refractivity contribution in [2.24, 2.45) is 0 Å². The molecule has 12 heteroatoms. The molecule has 3 N–H and O–H groups in total. The van der Waals surface area contributed by atoms with E-state index in [1.54, 1.807) is 38.1 Å². The number of methoxy groups -OCH3 is 1. The maximum Gasteiger partial charge on any atom is 0.407 e. The third-order valence-corrected chi connectivity index (χ3v) is 5.77. The van der Waals surface area contributed by atoms with Crippen molar-refractivity contribution in [2.45, 2.75) is 38.8 Å². The second-order valence-electron chi connectivity index (χ2n) is 8.28. The first-order valence-corrected chi connectivity index (χ1v) is 12.0. The largest absolute Gasteiger partial charge is 0.480 e. The highest BCUT2D eigenvalue weighted by Crippen LogP contribution is 2.27. The zero-order chi connectivity index (χ0) is 27.8. The van der Waals surface area contributed by atoms with E-state index >= 15 is 0 Å². The van der Waals surface area contributed by atoms with Crippen LogP contribution in [0.4, 0.5) is 9.18 Å². The molecule has 1 heterocycles. The fraction of sp³-hybridized carbons (Fsp3) is 0.308. The summed E-state index contributed by atoms with van der Waals surface area (Å²) in [7, 11) is 1.11. The van der Waals surface area contributed by atoms with Crippen LogP contribution < -0.4 is 15.4 Å². The molecule has 0 bridgehead atoms. The van der Waals surface area contributed by atoms with Gasteiger partial charge in [-0.15, -0.1) is 0 Å². The lowest BCUT2D eigenvalue weighted by Gasteiger charge is -2.22. The topological polar surface area (TPSA) is 140 Å². The number of carboxylic acids is 1. The average molecular weight is 548 g/mol. The number of carboxylic acid groups (broad SMARTS) is 1. The van der Waals surface area contributed by atoms with Crippen LogP contribution in [0.25, 0.3) is 11.1 Å². The Morgan fingerprint density at radius 3 is 2.50 bits per heavy atom. The first kappa shape index (κ1) is 28.5. The monoisotopic (exact) mass is 547 g/mol. The van der Waals surface area contributed by atoms with Gasteiger partial charge in [0.15, 0.2) is 0 Å². The number of oxazole rings is 1. The van der Waals surface area contributed by atoms with E-state index in [4.69, 9.17) is 20.8 Å². The van der Waals surface area contributed by atoms with Gasteiger partial charge >= 0.3 is 23.9 Å². The minimum Gasteiger partial charge on any atom is -0.480 e. The van der Waals surface area contributed by atoms with E-state index in [1.165, 1.54) is 18.2 Å². The van der Waals surface area contributed by atoms with Crippen molar-refractivity contribution in [3.8, 4) is 17.1 Å². The van der Waals surface area contributed by atoms with Gasteiger partial charge in [0.1, 0.15) is 17.6 Å². The molecular weight excluding hydrogens is 521 g/mol. The second-order valence-corrected chi connectivity index (χ2v) is 8.72. The summed E-state index contributed by atoms with van der Waals surface area (Å²) in [5.74, 6) is -2.58. The number of nitrogens with zero attached hydrogens (tertiary/aromatic N) is 1. The number of hydrogen-bond donors (Lipinski definition) is 3. The van der Waals surface area contributed by atoms with E-state index in [1.807, 2.05) is 0 Å². The molecular formula is C26H27ClFN3O7. The summed E-state index contributed by atoms with van der Waals surface area (Å²) >= 11 is 6.00. The van der Waals surface area contributed by atoms with Gasteiger partial charge in [0.2, 0.25) is 0 Å². The molecule has 2 amide bonds. The normalized spacial score (nSPS) is 12.3. The molecule has 0 aliphatic carbocycles. The smallest absolute Gasteiger partial charge is 0.407 e. The number of hydrogen-bond acceptors (Lipinski definition) is 7. The molecule has 3 rings (SSSR count). The zero-order valence-electron chi connectivity index (χ0n) is 20.9. The van der Waals surface area contributed by atoms with Gasteiger partial charge in [-0.2, -0.15) is 0 Å². The van der Waals surface area contributed by atoms with E-state index in [2.05, 4.69) is 20.4 Å². The number of aliphatic carboxylic acids is 1. The number of carbonyl (C=O) groups excluding carboxylic acids is 2. The van der Waals surface area contributed by atoms with E-state index < -0.39 is 35.9 Å². The Balaban J connectivity index is 1.84. The molecule has 0 saturated heterocycles. The molecule has 38 heavy (non-hydrogen) atoms. The predicted octanol–water partition coefficient (Wildman–Crippen LogP) is 4.38. The summed E-state index contributed by atoms with van der Waals surface area (Å²) in [6.45, 7) is 3.69. The molecule has 0 radical (unpaired) electrons. The number of carbonyl (C=O) groups is 3. The first-order valence-electron chi connectivity index (χ1n) is 11.6. The predicted molar refractivity (Wildman–Crippen MR) is 136 cm³/mol. The zero-order valence-corrected chi connectivity index (χ0v) is 21.7. The van der Waals surface area contributed by atoms with Crippen LogP contribution in [0.2, 0.25) is 5.02 Å². The minimum atomic E-state index is -1.36. The molecule has 0 aliphatic rings. The van der Waals surface area contributed by atoms with Crippen molar-refractivity contribution in [1.29, 1.82) is 0 Å². The Labute approximate surface area is 223 Å². The molecule has 0 saturated carbocycles. The fourth-order valence-corrected chi connectivity index (χ4v) is 3.89. The number of halogens is 2. The number of nitrogens with one attached hydrogen (secondary N) is 2. The number of aromatic nitrogens is 1. The number of rotatable bonds is 11. The van der Waals surface area contributed by atoms with Crippen molar-refractivity contribution in [3.63, 3.8) is 0 Å². The third-order valence-electron chi connectivity index (χ3n) is 5.53. The Bertz CT molecular complexity index is 1300. The lowest BCUT2D eigenvalue weighted by atomic mass is 9.97. The van der Waals surface area contributed by atoms with Gasteiger partial charge in [0.05, 0.1) is 13.7 Å². The van der Waals surface area contributed by atoms with Crippen molar-refractivity contribution in [2.75, 3.05) is 13.7 Å². The summed E-state index contributed by atoms with van der Waals surface area (Å²) in [6.07, 6.45) is -0.937. The third kappa shape index (κ3) is 7.45. The van der Waals surface area contributed by atoms with Crippen molar-refractivity contribution >= 4 is 29.6 Å². The van der Waals surface area contributed by atoms with Gasteiger partial charge in [0.25, 0.3) is 5.89 Å². The lowest BCUT2D eigenvalue weighted by molar-refractivity contribution is -0.139. The summed E-state index contributed by atoms with van der Waals surface area (Å²) < 4.78 is 29.5. The molecule has 1 aromatic heterocycles. The molecule has 3 aromatic rings. The first-order chi connectivity index (χ1) is 18.1. The van der Waals surface area contributed by atoms with Crippen molar-refractivity contribution in [1.82, 2.24) is 15.6 Å². The number of amides is 2. The number of alkyl carbamates (subject to hydrolysis) is 1. The molecule has 2 atom stereocenters. The molecule has 202 valence electrons. The van der Waals surface area contributed by atoms with Gasteiger partial charge in [-0.3, -0.25) is 4.79 Å². The number of ether oxygens (including phenoxy) is 2. The Hall–Kier alpha value is -4.12. The minimum absolute atomic E-state index is 0.105. The Morgan fingerprint density at radius 1 is 1.16 bits per heavy atom. The number of benzene rings is 2. The summed E-state index contributed by atoms with van der Waals surface area (Å²) in [4.78, 5) is 40.5. The molecule has 0 fully saturated rings. The van der Waals surface area contributed by atoms with Gasteiger partial charge in [-0.1, -0.05) is 35.9 Å². The summed E-state index contributed by atoms with van der Waals surface area (Å²) in [6, 6.07) is 8.93. The van der Waals surface area contributed by atoms with Crippen LogP contribution in [0.15, 0.2) is 46.9 Å². The van der Waals surface area contributed by atoms with Gasteiger partial charge < -0.3 is 29.6 Å². The van der Waals surface area contributed by atoms with Crippen LogP contribution in [0.1, 0.15) is 35.3 Å². The van der Waals surface area contributed by atoms with E-state index in [0.29, 0.717) is 34.0 Å². The SMILES string of the molecule is CCOc1oc(C(=O)N[C@H](Cc2ccc(-c3cc(Cl)ccc3F)cc2)C[C@@H](NC(=O)OC)C(=O)O)nc1C. The molecule has 0 unspecified atom stereocenters. The summed E-state index contributed by atoms with van der Waals surface area (Å²) in [5, 5.41) is 15.0. The molecule has 0 aliphatic heterocycles. The molecule has 10 nitrogen and oxygen atoms in total. The van der Waals surface area contributed by atoms with Crippen molar-refractivity contribution in [3.05, 3.63) is 70.5 Å². The van der Waals surface area contributed by atoms with E-state index in [9.17, 15) is 23.9 Å². The second kappa shape index (κ2) is 12.9. The lowest BCUT2D eigenvalue weighted by Crippen LogP contribution is -2.47. The van der Waals surface area contributed by atoms with Crippen LogP contribution in [-0.4, -0.2) is 53.9 Å². The molecule has 0 spiro atoms. The van der Waals surface area contributed by atoms with Crippen LogP contribution in [0.5, 0.6) is 5.95 Å². The van der Waals surface area contributed by atoms with Crippen LogP contribution >= 0.6 is 11.6 Å². The Morgan fingerprint density at radius 2 is 1.87 bits per heavy atom. The van der Waals surface area contributed by atoms with Crippen LogP contribution in [0.3, 0.4) is 0 Å². The highest BCUT2D eigenvalue weighted by molar-refractivity contribution is 6.30. The maximum atomic E-state index is 14.3. The van der Waals surface area contributed by atoms with E-state index in [-0.39, 0.29) is 24.7 Å². The highest BCUT2D eigenvalue weighted by Gasteiger charge is 2.28. The standard InChI is InChI=1S/C26H27ClFN3O7/c1-4-37-25-14(2)29-23(38-25)22(32)30-18(13-21(24(33)34)31-26(35)36-3)11-15-5-7-16(8-6-15)19-12-17(27)9-10-20(19)28/h5-10,12,18,21H,4,11,13H2,1-3H3,(H,30,32)(H,31,35)(H,33,34)/t18-,21-/m1/s1. The van der Waals surface area contributed by atoms with Gasteiger partial charge in [0, 0.05) is 16.6 Å². The average Bonchev–Trinajstić information content (AvgIpc) is 3.25. The highest BCUT2D eigenvalue weighted by atomic mass is 35.5. The van der Waals surface area contributed by atoms with Crippen molar-refractivity contribution < 1.29 is 37.8 Å². The maximum absolute atomic E-state index is 14.3.